The fraction of sp³-hybridized carbons (Fsp3) is 0.208. The van der Waals surface area contributed by atoms with Crippen LogP contribution in [-0.2, 0) is 13.5 Å². The van der Waals surface area contributed by atoms with E-state index in [1.807, 2.05) is 72.8 Å². The number of hydrogen-bond acceptors (Lipinski definition) is 5. The van der Waals surface area contributed by atoms with E-state index in [1.54, 1.807) is 21.3 Å². The Morgan fingerprint density at radius 1 is 0.719 bits per heavy atom. The van der Waals surface area contributed by atoms with Gasteiger partial charge in [-0.25, -0.2) is 0 Å². The molecule has 0 amide bonds. The molecule has 8 heteroatoms. The fourth-order valence-electron chi connectivity index (χ4n) is 3.31. The summed E-state index contributed by atoms with van der Waals surface area (Å²) in [6.45, 7) is 1.58. The van der Waals surface area contributed by atoms with Crippen LogP contribution in [0.25, 0.3) is 0 Å². The molecule has 3 aromatic rings. The molecule has 5 nitrogen and oxygen atoms in total. The third-order valence-electron chi connectivity index (χ3n) is 4.75. The quantitative estimate of drug-likeness (QED) is 0.302. The summed E-state index contributed by atoms with van der Waals surface area (Å²) in [5.41, 5.74) is 1.96. The summed E-state index contributed by atoms with van der Waals surface area (Å²) in [7, 11) is 17.9. The summed E-state index contributed by atoms with van der Waals surface area (Å²) >= 11 is -2.19. The number of nitrogens with zero attached hydrogens (tertiary/aromatic N) is 2. The molecule has 0 N–H and O–H groups in total. The first-order chi connectivity index (χ1) is 15.6. The molecular formula is C24H25Cl2N2O3Ru-. The Labute approximate surface area is 202 Å². The van der Waals surface area contributed by atoms with E-state index in [2.05, 4.69) is 15.9 Å². The number of ether oxygens (including phenoxy) is 3. The second-order valence-corrected chi connectivity index (χ2v) is 12.2. The molecule has 0 saturated carbocycles. The number of rotatable bonds is 5. The van der Waals surface area contributed by atoms with Gasteiger partial charge in [-0.3, -0.25) is 0 Å². The van der Waals surface area contributed by atoms with Gasteiger partial charge in [-0.2, -0.15) is 18.2 Å². The molecule has 0 aromatic heterocycles. The number of para-hydroxylation sites is 5. The molecule has 0 unspecified atom stereocenters. The van der Waals surface area contributed by atoms with Gasteiger partial charge >= 0.3 is 155 Å². The maximum atomic E-state index is 6.47. The molecule has 0 atom stereocenters. The summed E-state index contributed by atoms with van der Waals surface area (Å²) in [6, 6.07) is 26.2. The topological polar surface area (TPSA) is 34.2 Å². The Hall–Kier alpha value is -2.27. The molecule has 1 saturated heterocycles. The van der Waals surface area contributed by atoms with Gasteiger partial charge in [-0.05, 0) is 0 Å². The Kier molecular flexibility index (Phi) is 9.22. The summed E-state index contributed by atoms with van der Waals surface area (Å²) < 4.78 is 16.8. The second kappa shape index (κ2) is 12.1. The minimum absolute atomic E-state index is 0.785. The summed E-state index contributed by atoms with van der Waals surface area (Å²) in [5.74, 6) is 2.40. The van der Waals surface area contributed by atoms with Crippen LogP contribution in [0.15, 0.2) is 72.8 Å². The molecule has 1 heterocycles. The Bertz CT molecular complexity index is 989. The second-order valence-electron chi connectivity index (χ2n) is 6.52. The number of anilines is 2. The molecule has 0 radical (unpaired) electrons. The molecule has 1 fully saturated rings. The molecule has 3 aromatic carbocycles. The van der Waals surface area contributed by atoms with E-state index in [0.29, 0.717) is 0 Å². The molecular weight excluding hydrogens is 536 g/mol. The standard InChI is InChI=1S/C17H18N2O2.C7H7O.2ClH.Ru/c1-20-16-9-5-3-7-14(16)18-11-12-19(13-18)15-8-4-6-10-17(15)21-2;1-8-7-5-3-2-4-6-7;;;/h3-10H,11-12H2,1-2H3;2-5H,1H3;2*1H;/q;-1;;;+2/p-2. The monoisotopic (exact) mass is 561 g/mol. The van der Waals surface area contributed by atoms with Crippen molar-refractivity contribution in [2.75, 3.05) is 44.2 Å². The van der Waals surface area contributed by atoms with Gasteiger partial charge < -0.3 is 4.74 Å². The van der Waals surface area contributed by atoms with Crippen molar-refractivity contribution < 1.29 is 27.7 Å². The van der Waals surface area contributed by atoms with E-state index in [-0.39, 0.29) is 0 Å². The Morgan fingerprint density at radius 2 is 1.22 bits per heavy atom. The molecule has 0 bridgehead atoms. The number of halogens is 2. The van der Waals surface area contributed by atoms with Crippen molar-refractivity contribution in [1.29, 1.82) is 0 Å². The third-order valence-corrected chi connectivity index (χ3v) is 7.69. The van der Waals surface area contributed by atoms with Crippen LogP contribution < -0.4 is 24.0 Å². The van der Waals surface area contributed by atoms with E-state index in [4.69, 9.17) is 33.6 Å². The van der Waals surface area contributed by atoms with E-state index < -0.39 is 13.5 Å². The van der Waals surface area contributed by atoms with Gasteiger partial charge in [0.25, 0.3) is 0 Å². The van der Waals surface area contributed by atoms with Gasteiger partial charge in [0.1, 0.15) is 0 Å². The van der Waals surface area contributed by atoms with E-state index in [0.717, 1.165) is 46.1 Å². The van der Waals surface area contributed by atoms with Crippen molar-refractivity contribution in [1.82, 2.24) is 0 Å². The fourth-order valence-corrected chi connectivity index (χ4v) is 6.54. The third kappa shape index (κ3) is 5.75. The summed E-state index contributed by atoms with van der Waals surface area (Å²) in [5, 5.41) is 0. The van der Waals surface area contributed by atoms with E-state index in [9.17, 15) is 0 Å². The van der Waals surface area contributed by atoms with Crippen molar-refractivity contribution in [2.24, 2.45) is 0 Å². The van der Waals surface area contributed by atoms with Gasteiger partial charge in [-0.1, -0.05) is 0 Å². The number of hydrogen-bond donors (Lipinski definition) is 0. The average molecular weight is 561 g/mol. The van der Waals surface area contributed by atoms with Crippen molar-refractivity contribution in [2.45, 2.75) is 0 Å². The van der Waals surface area contributed by atoms with Gasteiger partial charge in [0.2, 0.25) is 0 Å². The molecule has 4 rings (SSSR count). The normalized spacial score (nSPS) is 13.3. The number of methoxy groups -OCH3 is 3. The molecule has 1 aliphatic rings. The van der Waals surface area contributed by atoms with Crippen LogP contribution in [0.3, 0.4) is 0 Å². The van der Waals surface area contributed by atoms with Crippen LogP contribution >= 0.6 is 19.4 Å². The van der Waals surface area contributed by atoms with Crippen LogP contribution in [0.5, 0.6) is 17.2 Å². The summed E-state index contributed by atoms with van der Waals surface area (Å²) in [4.78, 5) is 4.31. The Morgan fingerprint density at radius 3 is 1.59 bits per heavy atom. The van der Waals surface area contributed by atoms with Crippen molar-refractivity contribution in [3.05, 3.63) is 78.9 Å². The predicted octanol–water partition coefficient (Wildman–Crippen LogP) is 5.54. The molecule has 0 aliphatic carbocycles. The zero-order valence-electron chi connectivity index (χ0n) is 18.1. The first-order valence-electron chi connectivity index (χ1n) is 9.79. The minimum atomic E-state index is -2.19. The first-order valence-corrected chi connectivity index (χ1v) is 15.1. The molecule has 0 spiro atoms. The van der Waals surface area contributed by atoms with Gasteiger partial charge in [0.05, 0.1) is 7.11 Å². The maximum absolute atomic E-state index is 6.47. The first kappa shape index (κ1) is 24.4. The summed E-state index contributed by atoms with van der Waals surface area (Å²) in [6.07, 6.45) is 0. The van der Waals surface area contributed by atoms with Crippen LogP contribution in [0, 0.1) is 6.07 Å². The molecule has 1 aliphatic heterocycles. The molecule has 32 heavy (non-hydrogen) atoms. The van der Waals surface area contributed by atoms with Gasteiger partial charge in [0, 0.05) is 5.75 Å². The van der Waals surface area contributed by atoms with Crippen LogP contribution in [0.4, 0.5) is 11.4 Å². The molecule has 172 valence electrons. The van der Waals surface area contributed by atoms with Crippen LogP contribution in [0.1, 0.15) is 0 Å². The van der Waals surface area contributed by atoms with Crippen molar-refractivity contribution >= 4 is 35.1 Å². The average Bonchev–Trinajstić information content (AvgIpc) is 3.30. The van der Waals surface area contributed by atoms with Crippen LogP contribution in [0.2, 0.25) is 0 Å². The predicted molar refractivity (Wildman–Crippen MR) is 129 cm³/mol. The van der Waals surface area contributed by atoms with E-state index >= 15 is 0 Å². The van der Waals surface area contributed by atoms with Gasteiger partial charge in [0.15, 0.2) is 0 Å². The zero-order valence-corrected chi connectivity index (χ0v) is 21.3. The number of benzene rings is 3. The Balaban J connectivity index is 0.000000305. The van der Waals surface area contributed by atoms with Gasteiger partial charge in [-0.15, -0.1) is 12.1 Å². The van der Waals surface area contributed by atoms with E-state index in [1.165, 1.54) is 0 Å². The van der Waals surface area contributed by atoms with Crippen LogP contribution in [-0.4, -0.2) is 38.8 Å². The van der Waals surface area contributed by atoms with Crippen molar-refractivity contribution in [3.8, 4) is 17.2 Å². The van der Waals surface area contributed by atoms with Crippen molar-refractivity contribution in [3.63, 3.8) is 0 Å². The zero-order chi connectivity index (χ0) is 22.9. The SMILES string of the molecule is COc1[c-]cccc1.COc1ccccc1N1CCN(c2ccccc2OC)[C]1=[Ru]([Cl])[Cl].